The fourth-order valence-electron chi connectivity index (χ4n) is 1.67. The van der Waals surface area contributed by atoms with Gasteiger partial charge in [0.15, 0.2) is 6.29 Å². The average molecular weight is 186 g/mol. The van der Waals surface area contributed by atoms with Crippen LogP contribution >= 0.6 is 0 Å². The van der Waals surface area contributed by atoms with E-state index in [0.29, 0.717) is 6.61 Å². The number of carbonyl (C=O) groups is 1. The third kappa shape index (κ3) is 3.87. The number of carbonyl (C=O) groups excluding carboxylic acids is 1. The van der Waals surface area contributed by atoms with Crippen LogP contribution in [0.25, 0.3) is 0 Å². The normalized spacial score (nSPS) is 21.3. The van der Waals surface area contributed by atoms with Crippen LogP contribution in [0.15, 0.2) is 0 Å². The molecule has 0 aliphatic heterocycles. The summed E-state index contributed by atoms with van der Waals surface area (Å²) in [6, 6.07) is 0. The van der Waals surface area contributed by atoms with E-state index < -0.39 is 6.29 Å². The van der Waals surface area contributed by atoms with E-state index in [2.05, 4.69) is 0 Å². The second-order valence-corrected chi connectivity index (χ2v) is 3.36. The Kier molecular flexibility index (Phi) is 5.01. The lowest BCUT2D eigenvalue weighted by atomic mass is 9.98. The smallest absolute Gasteiger partial charge is 0.214 e. The molecule has 1 rings (SSSR count). The van der Waals surface area contributed by atoms with Crippen LogP contribution in [-0.2, 0) is 14.3 Å². The van der Waals surface area contributed by atoms with Crippen molar-refractivity contribution in [2.24, 2.45) is 0 Å². The molecule has 0 saturated heterocycles. The van der Waals surface area contributed by atoms with E-state index in [1.807, 2.05) is 6.92 Å². The highest BCUT2D eigenvalue weighted by atomic mass is 16.7. The molecule has 1 saturated carbocycles. The Hall–Kier alpha value is -0.410. The van der Waals surface area contributed by atoms with Crippen LogP contribution in [0.5, 0.6) is 0 Å². The summed E-state index contributed by atoms with van der Waals surface area (Å²) < 4.78 is 10.6. The molecule has 3 nitrogen and oxygen atoms in total. The zero-order valence-corrected chi connectivity index (χ0v) is 8.20. The fraction of sp³-hybridized carbons (Fsp3) is 0.900. The van der Waals surface area contributed by atoms with Gasteiger partial charge in [-0.05, 0) is 19.8 Å². The van der Waals surface area contributed by atoms with Crippen LogP contribution in [0, 0.1) is 0 Å². The molecule has 0 amide bonds. The molecule has 76 valence electrons. The standard InChI is InChI=1S/C10H18O3/c1-2-12-10(8-11)13-9-6-4-3-5-7-9/h8-10H,2-7H2,1H3. The molecule has 1 aliphatic rings. The van der Waals surface area contributed by atoms with E-state index in [9.17, 15) is 4.79 Å². The third-order valence-electron chi connectivity index (χ3n) is 2.32. The van der Waals surface area contributed by atoms with Crippen molar-refractivity contribution in [1.82, 2.24) is 0 Å². The first-order valence-corrected chi connectivity index (χ1v) is 5.09. The second-order valence-electron chi connectivity index (χ2n) is 3.36. The lowest BCUT2D eigenvalue weighted by Crippen LogP contribution is -2.27. The minimum atomic E-state index is -0.645. The number of hydrogen-bond acceptors (Lipinski definition) is 3. The molecular formula is C10H18O3. The van der Waals surface area contributed by atoms with E-state index in [1.165, 1.54) is 19.3 Å². The van der Waals surface area contributed by atoms with Gasteiger partial charge in [0.2, 0.25) is 6.29 Å². The molecule has 0 heterocycles. The molecule has 0 radical (unpaired) electrons. The van der Waals surface area contributed by atoms with E-state index in [-0.39, 0.29) is 6.10 Å². The average Bonchev–Trinajstić information content (AvgIpc) is 2.19. The SMILES string of the molecule is CCOC(C=O)OC1CCCCC1. The van der Waals surface area contributed by atoms with E-state index >= 15 is 0 Å². The molecule has 0 N–H and O–H groups in total. The van der Waals surface area contributed by atoms with Crippen LogP contribution in [0.2, 0.25) is 0 Å². The highest BCUT2D eigenvalue weighted by Gasteiger charge is 2.18. The van der Waals surface area contributed by atoms with Crippen molar-refractivity contribution in [3.05, 3.63) is 0 Å². The summed E-state index contributed by atoms with van der Waals surface area (Å²) in [6.07, 6.45) is 6.17. The maximum Gasteiger partial charge on any atom is 0.214 e. The summed E-state index contributed by atoms with van der Waals surface area (Å²) >= 11 is 0. The van der Waals surface area contributed by atoms with Crippen LogP contribution in [0.4, 0.5) is 0 Å². The van der Waals surface area contributed by atoms with Crippen molar-refractivity contribution >= 4 is 6.29 Å². The minimum Gasteiger partial charge on any atom is -0.347 e. The van der Waals surface area contributed by atoms with Gasteiger partial charge in [-0.1, -0.05) is 19.3 Å². The summed E-state index contributed by atoms with van der Waals surface area (Å²) in [5, 5.41) is 0. The van der Waals surface area contributed by atoms with Gasteiger partial charge in [0, 0.05) is 6.61 Å². The molecule has 3 heteroatoms. The predicted octanol–water partition coefficient (Wildman–Crippen LogP) is 1.90. The van der Waals surface area contributed by atoms with Crippen LogP contribution in [0.3, 0.4) is 0 Å². The maximum absolute atomic E-state index is 10.5. The monoisotopic (exact) mass is 186 g/mol. The Labute approximate surface area is 79.4 Å². The molecule has 1 fully saturated rings. The van der Waals surface area contributed by atoms with E-state index in [0.717, 1.165) is 19.1 Å². The highest BCUT2D eigenvalue weighted by Crippen LogP contribution is 2.21. The van der Waals surface area contributed by atoms with Crippen LogP contribution in [0.1, 0.15) is 39.0 Å². The van der Waals surface area contributed by atoms with Gasteiger partial charge in [0.25, 0.3) is 0 Å². The van der Waals surface area contributed by atoms with Gasteiger partial charge < -0.3 is 9.47 Å². The Balaban J connectivity index is 2.22. The van der Waals surface area contributed by atoms with Gasteiger partial charge in [-0.2, -0.15) is 0 Å². The van der Waals surface area contributed by atoms with Crippen molar-refractivity contribution in [3.8, 4) is 0 Å². The van der Waals surface area contributed by atoms with Gasteiger partial charge in [0.05, 0.1) is 6.10 Å². The highest BCUT2D eigenvalue weighted by molar-refractivity contribution is 5.53. The van der Waals surface area contributed by atoms with E-state index in [1.54, 1.807) is 0 Å². The molecule has 1 atom stereocenters. The molecule has 1 aliphatic carbocycles. The predicted molar refractivity (Wildman–Crippen MR) is 49.4 cm³/mol. The second kappa shape index (κ2) is 6.11. The number of ether oxygens (including phenoxy) is 2. The number of aldehydes is 1. The number of hydrogen-bond donors (Lipinski definition) is 0. The summed E-state index contributed by atoms with van der Waals surface area (Å²) in [6.45, 7) is 2.39. The van der Waals surface area contributed by atoms with Crippen molar-refractivity contribution in [2.45, 2.75) is 51.4 Å². The first kappa shape index (κ1) is 10.7. The maximum atomic E-state index is 10.5. The molecule has 0 spiro atoms. The Morgan fingerprint density at radius 2 is 2.08 bits per heavy atom. The van der Waals surface area contributed by atoms with Crippen LogP contribution < -0.4 is 0 Å². The molecule has 0 aromatic heterocycles. The van der Waals surface area contributed by atoms with Crippen molar-refractivity contribution in [1.29, 1.82) is 0 Å². The molecule has 0 aromatic carbocycles. The largest absolute Gasteiger partial charge is 0.347 e. The zero-order valence-electron chi connectivity index (χ0n) is 8.20. The summed E-state index contributed by atoms with van der Waals surface area (Å²) in [4.78, 5) is 10.5. The van der Waals surface area contributed by atoms with Crippen molar-refractivity contribution < 1.29 is 14.3 Å². The first-order valence-electron chi connectivity index (χ1n) is 5.09. The van der Waals surface area contributed by atoms with Gasteiger partial charge in [-0.3, -0.25) is 4.79 Å². The Bertz CT molecular complexity index is 141. The van der Waals surface area contributed by atoms with Gasteiger partial charge in [-0.15, -0.1) is 0 Å². The lowest BCUT2D eigenvalue weighted by molar-refractivity contribution is -0.175. The summed E-state index contributed by atoms with van der Waals surface area (Å²) in [5.74, 6) is 0. The van der Waals surface area contributed by atoms with Gasteiger partial charge >= 0.3 is 0 Å². The van der Waals surface area contributed by atoms with Crippen molar-refractivity contribution in [3.63, 3.8) is 0 Å². The molecule has 0 aromatic rings. The summed E-state index contributed by atoms with van der Waals surface area (Å²) in [5.41, 5.74) is 0. The molecule has 1 unspecified atom stereocenters. The quantitative estimate of drug-likeness (QED) is 0.486. The van der Waals surface area contributed by atoms with Crippen molar-refractivity contribution in [2.75, 3.05) is 6.61 Å². The topological polar surface area (TPSA) is 35.5 Å². The van der Waals surface area contributed by atoms with Gasteiger partial charge in [0.1, 0.15) is 0 Å². The van der Waals surface area contributed by atoms with Gasteiger partial charge in [-0.25, -0.2) is 0 Å². The van der Waals surface area contributed by atoms with E-state index in [4.69, 9.17) is 9.47 Å². The Morgan fingerprint density at radius 3 is 2.62 bits per heavy atom. The molecule has 13 heavy (non-hydrogen) atoms. The third-order valence-corrected chi connectivity index (χ3v) is 2.32. The molecular weight excluding hydrogens is 168 g/mol. The fourth-order valence-corrected chi connectivity index (χ4v) is 1.67. The first-order chi connectivity index (χ1) is 6.36. The lowest BCUT2D eigenvalue weighted by Gasteiger charge is -2.24. The zero-order chi connectivity index (χ0) is 9.52. The number of rotatable bonds is 5. The Morgan fingerprint density at radius 1 is 1.38 bits per heavy atom. The summed E-state index contributed by atoms with van der Waals surface area (Å²) in [7, 11) is 0. The molecule has 0 bridgehead atoms. The van der Waals surface area contributed by atoms with Crippen LogP contribution in [-0.4, -0.2) is 25.3 Å². The minimum absolute atomic E-state index is 0.232.